The van der Waals surface area contributed by atoms with Crippen LogP contribution in [-0.2, 0) is 4.79 Å². The van der Waals surface area contributed by atoms with Crippen molar-refractivity contribution in [2.45, 2.75) is 24.0 Å². The third kappa shape index (κ3) is 6.02. The third-order valence-electron chi connectivity index (χ3n) is 4.92. The molecule has 0 aliphatic heterocycles. The van der Waals surface area contributed by atoms with Crippen LogP contribution in [0.4, 0.5) is 11.4 Å². The highest BCUT2D eigenvalue weighted by Gasteiger charge is 2.18. The van der Waals surface area contributed by atoms with Gasteiger partial charge in [0.05, 0.1) is 21.9 Å². The number of benzene rings is 3. The predicted molar refractivity (Wildman–Crippen MR) is 130 cm³/mol. The molecule has 8 nitrogen and oxygen atoms in total. The van der Waals surface area contributed by atoms with Crippen LogP contribution in [0.15, 0.2) is 71.6 Å². The molecule has 0 saturated carbocycles. The molecule has 0 aromatic heterocycles. The van der Waals surface area contributed by atoms with Crippen molar-refractivity contribution in [3.8, 4) is 0 Å². The Bertz CT molecular complexity index is 1270. The number of hydrogen-bond donors (Lipinski definition) is 4. The summed E-state index contributed by atoms with van der Waals surface area (Å²) in [6, 6.07) is 17.3. The number of rotatable bonds is 8. The van der Waals surface area contributed by atoms with Crippen molar-refractivity contribution in [2.75, 3.05) is 10.6 Å². The molecule has 1 atom stereocenters. The molecule has 0 bridgehead atoms. The summed E-state index contributed by atoms with van der Waals surface area (Å²) in [5.41, 5.74) is 1.64. The topological polar surface area (TPSA) is 133 Å². The van der Waals surface area contributed by atoms with Crippen LogP contribution in [0.2, 0.25) is 0 Å². The molecule has 0 aliphatic rings. The van der Waals surface area contributed by atoms with E-state index in [0.717, 1.165) is 5.56 Å². The lowest BCUT2D eigenvalue weighted by molar-refractivity contribution is -0.115. The van der Waals surface area contributed by atoms with Gasteiger partial charge in [0, 0.05) is 16.3 Å². The minimum atomic E-state index is -1.20. The molecular formula is C25H22N2O6S. The Kier molecular flexibility index (Phi) is 7.70. The van der Waals surface area contributed by atoms with E-state index in [1.54, 1.807) is 56.3 Å². The van der Waals surface area contributed by atoms with Gasteiger partial charge in [-0.25, -0.2) is 9.59 Å². The molecule has 3 aromatic carbocycles. The fourth-order valence-electron chi connectivity index (χ4n) is 3.09. The summed E-state index contributed by atoms with van der Waals surface area (Å²) < 4.78 is 0. The van der Waals surface area contributed by atoms with Gasteiger partial charge in [0.25, 0.3) is 5.91 Å². The second kappa shape index (κ2) is 10.7. The summed E-state index contributed by atoms with van der Waals surface area (Å²) in [4.78, 5) is 48.6. The van der Waals surface area contributed by atoms with Crippen LogP contribution in [0.3, 0.4) is 0 Å². The number of aromatic carboxylic acids is 2. The maximum atomic E-state index is 12.7. The minimum Gasteiger partial charge on any atom is -0.478 e. The quantitative estimate of drug-likeness (QED) is 0.343. The highest BCUT2D eigenvalue weighted by molar-refractivity contribution is 8.00. The number of anilines is 2. The maximum Gasteiger partial charge on any atom is 0.336 e. The summed E-state index contributed by atoms with van der Waals surface area (Å²) in [5.74, 6) is -3.14. The molecule has 9 heteroatoms. The Morgan fingerprint density at radius 3 is 2.21 bits per heavy atom. The number of amides is 2. The fraction of sp³-hybridized carbons (Fsp3) is 0.120. The minimum absolute atomic E-state index is 0.0414. The summed E-state index contributed by atoms with van der Waals surface area (Å²) >= 11 is 1.26. The zero-order chi connectivity index (χ0) is 24.8. The average Bonchev–Trinajstić information content (AvgIpc) is 2.80. The van der Waals surface area contributed by atoms with E-state index in [1.165, 1.54) is 36.0 Å². The summed E-state index contributed by atoms with van der Waals surface area (Å²) in [7, 11) is 0. The van der Waals surface area contributed by atoms with Crippen LogP contribution in [0, 0.1) is 6.92 Å². The van der Waals surface area contributed by atoms with E-state index in [2.05, 4.69) is 10.6 Å². The Morgan fingerprint density at radius 2 is 1.53 bits per heavy atom. The highest BCUT2D eigenvalue weighted by Crippen LogP contribution is 2.27. The molecule has 0 fully saturated rings. The summed E-state index contributed by atoms with van der Waals surface area (Å²) in [6.45, 7) is 3.48. The van der Waals surface area contributed by atoms with Crippen molar-refractivity contribution in [3.63, 3.8) is 0 Å². The first kappa shape index (κ1) is 24.5. The van der Waals surface area contributed by atoms with Crippen molar-refractivity contribution in [3.05, 3.63) is 89.0 Å². The van der Waals surface area contributed by atoms with Crippen LogP contribution >= 0.6 is 11.8 Å². The second-order valence-electron chi connectivity index (χ2n) is 7.42. The molecule has 2 amide bonds. The van der Waals surface area contributed by atoms with E-state index in [-0.39, 0.29) is 22.6 Å². The van der Waals surface area contributed by atoms with Crippen LogP contribution in [0.1, 0.15) is 43.6 Å². The molecule has 3 aromatic rings. The van der Waals surface area contributed by atoms with Gasteiger partial charge in [-0.3, -0.25) is 9.59 Å². The van der Waals surface area contributed by atoms with Gasteiger partial charge in [-0.2, -0.15) is 0 Å². The molecule has 3 rings (SSSR count). The van der Waals surface area contributed by atoms with E-state index in [4.69, 9.17) is 5.11 Å². The van der Waals surface area contributed by atoms with E-state index < -0.39 is 23.1 Å². The van der Waals surface area contributed by atoms with Crippen LogP contribution in [0.25, 0.3) is 0 Å². The van der Waals surface area contributed by atoms with Crippen LogP contribution < -0.4 is 10.6 Å². The first-order valence-electron chi connectivity index (χ1n) is 10.2. The fourth-order valence-corrected chi connectivity index (χ4v) is 4.02. The van der Waals surface area contributed by atoms with Gasteiger partial charge >= 0.3 is 11.9 Å². The predicted octanol–water partition coefficient (Wildman–Crippen LogP) is 4.76. The zero-order valence-electron chi connectivity index (χ0n) is 18.4. The molecule has 174 valence electrons. The van der Waals surface area contributed by atoms with Crippen molar-refractivity contribution in [1.82, 2.24) is 0 Å². The molecule has 0 aliphatic carbocycles. The Balaban J connectivity index is 1.69. The largest absolute Gasteiger partial charge is 0.478 e. The number of nitrogens with one attached hydrogen (secondary N) is 2. The Morgan fingerprint density at radius 1 is 0.824 bits per heavy atom. The van der Waals surface area contributed by atoms with Gasteiger partial charge in [-0.05, 0) is 61.9 Å². The number of aryl methyl sites for hydroxylation is 1. The lowest BCUT2D eigenvalue weighted by atomic mass is 10.1. The van der Waals surface area contributed by atoms with Gasteiger partial charge in [-0.1, -0.05) is 24.3 Å². The zero-order valence-corrected chi connectivity index (χ0v) is 19.2. The van der Waals surface area contributed by atoms with E-state index in [9.17, 15) is 24.3 Å². The molecule has 0 saturated heterocycles. The first-order valence-corrected chi connectivity index (χ1v) is 11.1. The molecule has 4 N–H and O–H groups in total. The SMILES string of the molecule is Cc1ccc(C(=O)O)cc1NC(=O)C(C)Sc1cccc(NC(=O)c2ccccc2C(=O)O)c1. The second-order valence-corrected chi connectivity index (χ2v) is 8.83. The number of carboxylic acids is 2. The third-order valence-corrected chi connectivity index (χ3v) is 6.01. The van der Waals surface area contributed by atoms with Gasteiger partial charge in [0.1, 0.15) is 0 Å². The highest BCUT2D eigenvalue weighted by atomic mass is 32.2. The number of carbonyl (C=O) groups is 4. The van der Waals surface area contributed by atoms with Gasteiger partial charge in [0.2, 0.25) is 5.91 Å². The number of carboxylic acid groups (broad SMARTS) is 2. The van der Waals surface area contributed by atoms with Crippen molar-refractivity contribution in [2.24, 2.45) is 0 Å². The smallest absolute Gasteiger partial charge is 0.336 e. The van der Waals surface area contributed by atoms with E-state index >= 15 is 0 Å². The molecule has 1 unspecified atom stereocenters. The van der Waals surface area contributed by atoms with Crippen molar-refractivity contribution < 1.29 is 29.4 Å². The molecule has 0 heterocycles. The molecule has 34 heavy (non-hydrogen) atoms. The van der Waals surface area contributed by atoms with Crippen molar-refractivity contribution >= 4 is 46.9 Å². The number of carbonyl (C=O) groups excluding carboxylic acids is 2. The molecular weight excluding hydrogens is 456 g/mol. The standard InChI is InChI=1S/C25H22N2O6S/c1-14-10-11-16(24(30)31)12-21(14)27-22(28)15(2)34-18-7-5-6-17(13-18)26-23(29)19-8-3-4-9-20(19)25(32)33/h3-13,15H,1-2H3,(H,26,29)(H,27,28)(H,30,31)(H,32,33). The maximum absolute atomic E-state index is 12.7. The van der Waals surface area contributed by atoms with Gasteiger partial charge in [-0.15, -0.1) is 11.8 Å². The first-order chi connectivity index (χ1) is 16.2. The normalized spacial score (nSPS) is 11.4. The van der Waals surface area contributed by atoms with Gasteiger partial charge in [0.15, 0.2) is 0 Å². The summed E-state index contributed by atoms with van der Waals surface area (Å²) in [5, 5.41) is 23.4. The Hall–Kier alpha value is -4.11. The Labute approximate surface area is 200 Å². The van der Waals surface area contributed by atoms with Crippen LogP contribution in [-0.4, -0.2) is 39.2 Å². The lowest BCUT2D eigenvalue weighted by Crippen LogP contribution is -2.23. The molecule has 0 radical (unpaired) electrons. The van der Waals surface area contributed by atoms with Crippen molar-refractivity contribution in [1.29, 1.82) is 0 Å². The van der Waals surface area contributed by atoms with E-state index in [1.807, 2.05) is 0 Å². The molecule has 0 spiro atoms. The van der Waals surface area contributed by atoms with Crippen LogP contribution in [0.5, 0.6) is 0 Å². The van der Waals surface area contributed by atoms with E-state index in [0.29, 0.717) is 16.3 Å². The number of hydrogen-bond acceptors (Lipinski definition) is 5. The van der Waals surface area contributed by atoms with Gasteiger partial charge < -0.3 is 20.8 Å². The monoisotopic (exact) mass is 478 g/mol. The average molecular weight is 479 g/mol. The lowest BCUT2D eigenvalue weighted by Gasteiger charge is -2.15. The summed E-state index contributed by atoms with van der Waals surface area (Å²) in [6.07, 6.45) is 0. The number of thioether (sulfide) groups is 1.